The Morgan fingerprint density at radius 3 is 2.44 bits per heavy atom. The van der Waals surface area contributed by atoms with Gasteiger partial charge in [0.1, 0.15) is 5.78 Å². The molecule has 1 unspecified atom stereocenters. The number of rotatable bonds is 8. The van der Waals surface area contributed by atoms with Crippen molar-refractivity contribution in [2.45, 2.75) is 46.0 Å². The number of carbonyl (C=O) groups is 1. The lowest BCUT2D eigenvalue weighted by molar-refractivity contribution is -0.116. The second-order valence-corrected chi connectivity index (χ2v) is 5.00. The molecule has 100 valence electrons. The molecule has 0 heterocycles. The molecule has 0 spiro atoms. The molecule has 1 rings (SSSR count). The lowest BCUT2D eigenvalue weighted by Crippen LogP contribution is -2.20. The molecule has 2 nitrogen and oxygen atoms in total. The number of carbonyl (C=O) groups excluding carboxylic acids is 1. The normalized spacial score (nSPS) is 12.4. The van der Waals surface area contributed by atoms with E-state index in [1.165, 1.54) is 17.5 Å². The molecule has 0 amide bonds. The topological polar surface area (TPSA) is 29.1 Å². The first-order chi connectivity index (χ1) is 8.63. The predicted octanol–water partition coefficient (Wildman–Crippen LogP) is 3.31. The standard InChI is InChI=1S/C16H25NO/c1-4-13(2)16-7-5-15(6-8-16)10-12-17-11-9-14(3)18/h5-8,13,17H,4,9-12H2,1-3H3. The summed E-state index contributed by atoms with van der Waals surface area (Å²) in [5, 5.41) is 3.29. The first-order valence-corrected chi connectivity index (χ1v) is 6.92. The molecule has 0 fully saturated rings. The van der Waals surface area contributed by atoms with E-state index in [0.29, 0.717) is 12.3 Å². The van der Waals surface area contributed by atoms with Crippen molar-refractivity contribution in [3.63, 3.8) is 0 Å². The molecule has 0 aromatic heterocycles. The number of benzene rings is 1. The van der Waals surface area contributed by atoms with Gasteiger partial charge in [0, 0.05) is 13.0 Å². The highest BCUT2D eigenvalue weighted by Gasteiger charge is 2.02. The Morgan fingerprint density at radius 2 is 1.89 bits per heavy atom. The van der Waals surface area contributed by atoms with E-state index >= 15 is 0 Å². The van der Waals surface area contributed by atoms with Crippen LogP contribution in [-0.2, 0) is 11.2 Å². The average Bonchev–Trinajstić information content (AvgIpc) is 2.38. The molecule has 1 atom stereocenters. The second kappa shape index (κ2) is 8.04. The average molecular weight is 247 g/mol. The molecule has 0 aliphatic heterocycles. The maximum absolute atomic E-state index is 10.8. The number of hydrogen-bond donors (Lipinski definition) is 1. The van der Waals surface area contributed by atoms with E-state index < -0.39 is 0 Å². The van der Waals surface area contributed by atoms with Crippen molar-refractivity contribution in [3.05, 3.63) is 35.4 Å². The van der Waals surface area contributed by atoms with Gasteiger partial charge in [0.25, 0.3) is 0 Å². The van der Waals surface area contributed by atoms with E-state index in [4.69, 9.17) is 0 Å². The zero-order valence-corrected chi connectivity index (χ0v) is 11.8. The SMILES string of the molecule is CCC(C)c1ccc(CCNCCC(C)=O)cc1. The van der Waals surface area contributed by atoms with E-state index in [9.17, 15) is 4.79 Å². The van der Waals surface area contributed by atoms with Crippen LogP contribution in [0, 0.1) is 0 Å². The Morgan fingerprint density at radius 1 is 1.22 bits per heavy atom. The Bertz CT molecular complexity index is 356. The van der Waals surface area contributed by atoms with Crippen LogP contribution < -0.4 is 5.32 Å². The van der Waals surface area contributed by atoms with Crippen LogP contribution >= 0.6 is 0 Å². The lowest BCUT2D eigenvalue weighted by Gasteiger charge is -2.10. The number of ketones is 1. The molecule has 0 radical (unpaired) electrons. The van der Waals surface area contributed by atoms with Crippen molar-refractivity contribution in [2.75, 3.05) is 13.1 Å². The molecule has 0 bridgehead atoms. The smallest absolute Gasteiger partial charge is 0.131 e. The molecular formula is C16H25NO. The molecule has 1 aromatic rings. The first-order valence-electron chi connectivity index (χ1n) is 6.92. The molecule has 0 saturated heterocycles. The van der Waals surface area contributed by atoms with Crippen LogP contribution in [0.3, 0.4) is 0 Å². The minimum atomic E-state index is 0.250. The molecule has 1 aromatic carbocycles. The van der Waals surface area contributed by atoms with Gasteiger partial charge in [0.2, 0.25) is 0 Å². The fourth-order valence-electron chi connectivity index (χ4n) is 1.87. The van der Waals surface area contributed by atoms with Crippen LogP contribution in [0.25, 0.3) is 0 Å². The summed E-state index contributed by atoms with van der Waals surface area (Å²) in [5.41, 5.74) is 2.78. The van der Waals surface area contributed by atoms with Crippen molar-refractivity contribution in [2.24, 2.45) is 0 Å². The molecule has 0 aliphatic rings. The first kappa shape index (κ1) is 14.9. The summed E-state index contributed by atoms with van der Waals surface area (Å²) in [5.74, 6) is 0.896. The van der Waals surface area contributed by atoms with E-state index in [2.05, 4.69) is 43.4 Å². The third-order valence-corrected chi connectivity index (χ3v) is 3.41. The molecule has 1 N–H and O–H groups in total. The highest BCUT2D eigenvalue weighted by Crippen LogP contribution is 2.18. The van der Waals surface area contributed by atoms with Gasteiger partial charge in [-0.25, -0.2) is 0 Å². The third-order valence-electron chi connectivity index (χ3n) is 3.41. The number of hydrogen-bond acceptors (Lipinski definition) is 2. The van der Waals surface area contributed by atoms with Crippen molar-refractivity contribution in [1.29, 1.82) is 0 Å². The maximum Gasteiger partial charge on any atom is 0.131 e. The van der Waals surface area contributed by atoms with Crippen LogP contribution in [0.2, 0.25) is 0 Å². The van der Waals surface area contributed by atoms with Crippen LogP contribution in [-0.4, -0.2) is 18.9 Å². The summed E-state index contributed by atoms with van der Waals surface area (Å²) in [4.78, 5) is 10.8. The summed E-state index contributed by atoms with van der Waals surface area (Å²) in [6.45, 7) is 7.85. The van der Waals surface area contributed by atoms with Crippen LogP contribution in [0.1, 0.15) is 50.7 Å². The molecular weight excluding hydrogens is 222 g/mol. The minimum absolute atomic E-state index is 0.250. The fraction of sp³-hybridized carbons (Fsp3) is 0.562. The minimum Gasteiger partial charge on any atom is -0.316 e. The second-order valence-electron chi connectivity index (χ2n) is 5.00. The molecule has 18 heavy (non-hydrogen) atoms. The monoisotopic (exact) mass is 247 g/mol. The van der Waals surface area contributed by atoms with E-state index in [-0.39, 0.29) is 5.78 Å². The summed E-state index contributed by atoms with van der Waals surface area (Å²) < 4.78 is 0. The van der Waals surface area contributed by atoms with Crippen molar-refractivity contribution in [3.8, 4) is 0 Å². The molecule has 0 saturated carbocycles. The van der Waals surface area contributed by atoms with Gasteiger partial charge in [-0.15, -0.1) is 0 Å². The molecule has 2 heteroatoms. The number of nitrogens with one attached hydrogen (secondary N) is 1. The van der Waals surface area contributed by atoms with Crippen molar-refractivity contribution in [1.82, 2.24) is 5.32 Å². The van der Waals surface area contributed by atoms with E-state index in [1.807, 2.05) is 0 Å². The van der Waals surface area contributed by atoms with Crippen molar-refractivity contribution >= 4 is 5.78 Å². The van der Waals surface area contributed by atoms with Crippen LogP contribution in [0.4, 0.5) is 0 Å². The Balaban J connectivity index is 2.29. The summed E-state index contributed by atoms with van der Waals surface area (Å²) in [6, 6.07) is 8.90. The van der Waals surface area contributed by atoms with Crippen molar-refractivity contribution < 1.29 is 4.79 Å². The summed E-state index contributed by atoms with van der Waals surface area (Å²) in [7, 11) is 0. The maximum atomic E-state index is 10.8. The Hall–Kier alpha value is -1.15. The van der Waals surface area contributed by atoms with Gasteiger partial charge in [-0.3, -0.25) is 4.79 Å². The van der Waals surface area contributed by atoms with Gasteiger partial charge in [-0.1, -0.05) is 38.1 Å². The van der Waals surface area contributed by atoms with Crippen LogP contribution in [0.5, 0.6) is 0 Å². The van der Waals surface area contributed by atoms with Gasteiger partial charge in [0.05, 0.1) is 0 Å². The summed E-state index contributed by atoms with van der Waals surface area (Å²) >= 11 is 0. The summed E-state index contributed by atoms with van der Waals surface area (Å²) in [6.07, 6.45) is 2.84. The Kier molecular flexibility index (Phi) is 6.66. The van der Waals surface area contributed by atoms with E-state index in [0.717, 1.165) is 19.5 Å². The highest BCUT2D eigenvalue weighted by molar-refractivity contribution is 5.75. The van der Waals surface area contributed by atoms with E-state index in [1.54, 1.807) is 6.92 Å². The van der Waals surface area contributed by atoms with Gasteiger partial charge < -0.3 is 5.32 Å². The zero-order chi connectivity index (χ0) is 13.4. The predicted molar refractivity (Wildman–Crippen MR) is 77.0 cm³/mol. The van der Waals surface area contributed by atoms with Crippen LogP contribution in [0.15, 0.2) is 24.3 Å². The third kappa shape index (κ3) is 5.46. The number of Topliss-reactive ketones (excluding diaryl/α,β-unsaturated/α-hetero) is 1. The van der Waals surface area contributed by atoms with Gasteiger partial charge in [-0.2, -0.15) is 0 Å². The van der Waals surface area contributed by atoms with Gasteiger partial charge in [0.15, 0.2) is 0 Å². The zero-order valence-electron chi connectivity index (χ0n) is 11.8. The van der Waals surface area contributed by atoms with Gasteiger partial charge >= 0.3 is 0 Å². The molecule has 0 aliphatic carbocycles. The Labute approximate surface area is 111 Å². The quantitative estimate of drug-likeness (QED) is 0.714. The van der Waals surface area contributed by atoms with Gasteiger partial charge in [-0.05, 0) is 43.4 Å². The highest BCUT2D eigenvalue weighted by atomic mass is 16.1. The largest absolute Gasteiger partial charge is 0.316 e. The fourth-order valence-corrected chi connectivity index (χ4v) is 1.87. The lowest BCUT2D eigenvalue weighted by atomic mass is 9.97.